The Labute approximate surface area is 99.1 Å². The second-order valence-electron chi connectivity index (χ2n) is 3.23. The van der Waals surface area contributed by atoms with Crippen molar-refractivity contribution >= 4 is 18.8 Å². The Kier molecular flexibility index (Phi) is 14.6. The molecule has 2 aliphatic rings. The van der Waals surface area contributed by atoms with E-state index in [4.69, 9.17) is 18.8 Å². The van der Waals surface area contributed by atoms with E-state index in [0.717, 1.165) is 0 Å². The molecule has 2 rings (SSSR count). The van der Waals surface area contributed by atoms with Gasteiger partial charge in [0.2, 0.25) is 0 Å². The van der Waals surface area contributed by atoms with E-state index in [1.165, 1.54) is 51.4 Å². The molecule has 3 heteroatoms. The number of rotatable bonds is 0. The van der Waals surface area contributed by atoms with Crippen molar-refractivity contribution in [2.45, 2.75) is 51.4 Å². The molecule has 2 aliphatic carbocycles. The molecule has 0 amide bonds. The predicted octanol–water partition coefficient (Wildman–Crippen LogP) is 4.91. The Bertz CT molecular complexity index is 55.8. The van der Waals surface area contributed by atoms with Crippen LogP contribution in [-0.4, -0.2) is 0 Å². The van der Waals surface area contributed by atoms with Crippen LogP contribution in [0.5, 0.6) is 0 Å². The van der Waals surface area contributed by atoms with Crippen LogP contribution in [0.15, 0.2) is 0 Å². The van der Waals surface area contributed by atoms with E-state index in [-0.39, 0.29) is 0 Å². The fourth-order valence-corrected chi connectivity index (χ4v) is 1.47. The second kappa shape index (κ2) is 13.3. The molecule has 13 heavy (non-hydrogen) atoms. The van der Waals surface area contributed by atoms with E-state index >= 15 is 0 Å². The van der Waals surface area contributed by atoms with Crippen molar-refractivity contribution in [1.82, 2.24) is 0 Å². The van der Waals surface area contributed by atoms with Gasteiger partial charge in [0.15, 0.2) is 0 Å². The summed E-state index contributed by atoms with van der Waals surface area (Å²) in [5.41, 5.74) is 0. The maximum atomic E-state index is 4.89. The zero-order chi connectivity index (χ0) is 9.78. The van der Waals surface area contributed by atoms with Crippen molar-refractivity contribution < 1.29 is 16.5 Å². The number of halogens is 2. The van der Waals surface area contributed by atoms with E-state index < -0.39 is 16.5 Å². The summed E-state index contributed by atoms with van der Waals surface area (Å²) in [7, 11) is 9.79. The van der Waals surface area contributed by atoms with Crippen molar-refractivity contribution in [2.75, 3.05) is 0 Å². The Morgan fingerprint density at radius 2 is 1.00 bits per heavy atom. The summed E-state index contributed by atoms with van der Waals surface area (Å²) in [5.74, 6) is 0. The Morgan fingerprint density at radius 1 is 0.692 bits per heavy atom. The van der Waals surface area contributed by atoms with Gasteiger partial charge in [0.25, 0.3) is 0 Å². The molecule has 0 unspecified atom stereocenters. The van der Waals surface area contributed by atoms with Crippen LogP contribution in [-0.2, 0) is 16.5 Å². The fourth-order valence-electron chi connectivity index (χ4n) is 1.47. The van der Waals surface area contributed by atoms with Crippen LogP contribution in [0.4, 0.5) is 0 Å². The SMILES string of the molecule is C1CCCC1.[CH]1[CH]CCC1.[Cl][Mo][Cl]. The summed E-state index contributed by atoms with van der Waals surface area (Å²) in [5, 5.41) is 0. The molecule has 0 aliphatic heterocycles. The van der Waals surface area contributed by atoms with Crippen LogP contribution in [0.3, 0.4) is 0 Å². The summed E-state index contributed by atoms with van der Waals surface area (Å²) < 4.78 is 0. The summed E-state index contributed by atoms with van der Waals surface area (Å²) >= 11 is -0.586. The normalized spacial score (nSPS) is 19.8. The van der Waals surface area contributed by atoms with Crippen molar-refractivity contribution in [2.24, 2.45) is 0 Å². The third kappa shape index (κ3) is 13.3. The van der Waals surface area contributed by atoms with E-state index in [9.17, 15) is 0 Å². The molecule has 0 saturated heterocycles. The monoisotopic (exact) mass is 306 g/mol. The molecule has 0 N–H and O–H groups in total. The van der Waals surface area contributed by atoms with E-state index in [1.807, 2.05) is 0 Å². The average Bonchev–Trinajstić information content (AvgIpc) is 2.85. The average molecular weight is 305 g/mol. The van der Waals surface area contributed by atoms with Crippen molar-refractivity contribution in [3.63, 3.8) is 0 Å². The van der Waals surface area contributed by atoms with Gasteiger partial charge in [-0.25, -0.2) is 0 Å². The molecule has 0 atom stereocenters. The molecule has 0 nitrogen and oxygen atoms in total. The molecular formula is C10H18Cl2Mo. The Morgan fingerprint density at radius 3 is 1.15 bits per heavy atom. The van der Waals surface area contributed by atoms with Crippen LogP contribution in [0, 0.1) is 12.8 Å². The van der Waals surface area contributed by atoms with E-state index in [0.29, 0.717) is 0 Å². The molecule has 0 aromatic rings. The van der Waals surface area contributed by atoms with Crippen LogP contribution >= 0.6 is 18.8 Å². The van der Waals surface area contributed by atoms with Gasteiger partial charge in [0.1, 0.15) is 0 Å². The maximum absolute atomic E-state index is 4.89. The standard InChI is InChI=1S/C5H10.C5H8.2ClH.Mo/c2*1-2-4-5-3-1;;;/h1-5H2;1-2H,3-5H2;2*1H;/q;;;;+2/p-2. The molecule has 78 valence electrons. The Balaban J connectivity index is 0.000000174. The summed E-state index contributed by atoms with van der Waals surface area (Å²) in [6, 6.07) is 0. The number of hydrogen-bond acceptors (Lipinski definition) is 0. The van der Waals surface area contributed by atoms with Crippen LogP contribution < -0.4 is 0 Å². The van der Waals surface area contributed by atoms with Gasteiger partial charge in [0, 0.05) is 0 Å². The van der Waals surface area contributed by atoms with Gasteiger partial charge in [-0.15, -0.1) is 0 Å². The first-order chi connectivity index (χ1) is 6.41. The molecule has 2 radical (unpaired) electrons. The van der Waals surface area contributed by atoms with Crippen molar-refractivity contribution in [3.8, 4) is 0 Å². The van der Waals surface area contributed by atoms with Crippen LogP contribution in [0.1, 0.15) is 51.4 Å². The molecular weight excluding hydrogens is 287 g/mol. The molecule has 0 spiro atoms. The van der Waals surface area contributed by atoms with Crippen LogP contribution in [0.25, 0.3) is 0 Å². The molecule has 0 bridgehead atoms. The minimum atomic E-state index is -0.586. The van der Waals surface area contributed by atoms with Gasteiger partial charge in [-0.05, 0) is 25.7 Å². The first kappa shape index (κ1) is 14.3. The first-order valence-electron chi connectivity index (χ1n) is 4.96. The van der Waals surface area contributed by atoms with E-state index in [1.54, 1.807) is 0 Å². The fraction of sp³-hybridized carbons (Fsp3) is 0.800. The zero-order valence-corrected chi connectivity index (χ0v) is 11.5. The summed E-state index contributed by atoms with van der Waals surface area (Å²) in [6.45, 7) is 0. The molecule has 0 aromatic carbocycles. The summed E-state index contributed by atoms with van der Waals surface area (Å²) in [4.78, 5) is 0. The molecule has 0 aromatic heterocycles. The quantitative estimate of drug-likeness (QED) is 0.558. The van der Waals surface area contributed by atoms with E-state index in [2.05, 4.69) is 12.8 Å². The van der Waals surface area contributed by atoms with Gasteiger partial charge in [0.05, 0.1) is 0 Å². The second-order valence-corrected chi connectivity index (χ2v) is 6.28. The molecule has 0 heterocycles. The predicted molar refractivity (Wildman–Crippen MR) is 57.2 cm³/mol. The minimum absolute atomic E-state index is 0.586. The third-order valence-electron chi connectivity index (χ3n) is 2.16. The third-order valence-corrected chi connectivity index (χ3v) is 2.16. The van der Waals surface area contributed by atoms with Crippen LogP contribution in [0.2, 0.25) is 0 Å². The zero-order valence-electron chi connectivity index (χ0n) is 7.98. The van der Waals surface area contributed by atoms with Gasteiger partial charge in [-0.1, -0.05) is 38.5 Å². The van der Waals surface area contributed by atoms with Crippen molar-refractivity contribution in [1.29, 1.82) is 0 Å². The van der Waals surface area contributed by atoms with Gasteiger partial charge < -0.3 is 0 Å². The topological polar surface area (TPSA) is 0 Å². The first-order valence-corrected chi connectivity index (χ1v) is 10.1. The van der Waals surface area contributed by atoms with Crippen molar-refractivity contribution in [3.05, 3.63) is 12.8 Å². The molecule has 2 fully saturated rings. The van der Waals surface area contributed by atoms with Gasteiger partial charge >= 0.3 is 35.3 Å². The molecule has 2 saturated carbocycles. The van der Waals surface area contributed by atoms with Gasteiger partial charge in [-0.3, -0.25) is 0 Å². The number of hydrogen-bond donors (Lipinski definition) is 0. The summed E-state index contributed by atoms with van der Waals surface area (Å²) in [6.07, 6.45) is 16.0. The Hall–Kier alpha value is 1.27. The van der Waals surface area contributed by atoms with Gasteiger partial charge in [-0.2, -0.15) is 0 Å².